The number of piperidine rings is 1. The van der Waals surface area contributed by atoms with Gasteiger partial charge in [0, 0.05) is 31.0 Å². The number of nitrogens with zero attached hydrogens (tertiary/aromatic N) is 6. The van der Waals surface area contributed by atoms with Gasteiger partial charge in [-0.05, 0) is 36.6 Å². The molecule has 158 valence electrons. The first-order valence-corrected chi connectivity index (χ1v) is 10.8. The van der Waals surface area contributed by atoms with Crippen LogP contribution in [-0.4, -0.2) is 54.1 Å². The average Bonchev–Trinajstić information content (AvgIpc) is 3.47. The predicted molar refractivity (Wildman–Crippen MR) is 117 cm³/mol. The van der Waals surface area contributed by atoms with E-state index in [-0.39, 0.29) is 11.8 Å². The maximum Gasteiger partial charge on any atom is 0.222 e. The Bertz CT molecular complexity index is 1130. The molecule has 1 unspecified atom stereocenters. The van der Waals surface area contributed by atoms with Gasteiger partial charge in [-0.25, -0.2) is 4.98 Å². The molecule has 8 nitrogen and oxygen atoms in total. The minimum Gasteiger partial charge on any atom is -0.342 e. The van der Waals surface area contributed by atoms with Gasteiger partial charge in [-0.2, -0.15) is 4.80 Å². The van der Waals surface area contributed by atoms with Crippen molar-refractivity contribution in [3.63, 3.8) is 0 Å². The van der Waals surface area contributed by atoms with E-state index in [1.165, 1.54) is 0 Å². The number of carbonyl (C=O) groups is 1. The summed E-state index contributed by atoms with van der Waals surface area (Å²) >= 11 is 0. The highest BCUT2D eigenvalue weighted by Crippen LogP contribution is 2.27. The molecular formula is C23H25N7O. The maximum atomic E-state index is 12.8. The summed E-state index contributed by atoms with van der Waals surface area (Å²) in [7, 11) is 0. The number of aromatic amines is 1. The first-order valence-electron chi connectivity index (χ1n) is 10.8. The SMILES string of the molecule is O=C(CCCn1nnc(-c2ccccc2)n1)N1CCCC(c2nc3ccccc3[nH]2)C1. The highest BCUT2D eigenvalue weighted by Gasteiger charge is 2.26. The molecule has 1 fully saturated rings. The third-order valence-corrected chi connectivity index (χ3v) is 5.80. The number of H-pyrrole nitrogens is 1. The zero-order valence-corrected chi connectivity index (χ0v) is 17.3. The molecule has 0 saturated carbocycles. The second kappa shape index (κ2) is 8.67. The molecule has 31 heavy (non-hydrogen) atoms. The lowest BCUT2D eigenvalue weighted by atomic mass is 9.97. The summed E-state index contributed by atoms with van der Waals surface area (Å²) in [6.07, 6.45) is 3.22. The van der Waals surface area contributed by atoms with Crippen molar-refractivity contribution in [3.05, 3.63) is 60.4 Å². The lowest BCUT2D eigenvalue weighted by Crippen LogP contribution is -2.39. The second-order valence-corrected chi connectivity index (χ2v) is 8.00. The van der Waals surface area contributed by atoms with Crippen molar-refractivity contribution in [3.8, 4) is 11.4 Å². The molecule has 4 aromatic rings. The molecular weight excluding hydrogens is 390 g/mol. The molecule has 8 heteroatoms. The summed E-state index contributed by atoms with van der Waals surface area (Å²) in [6.45, 7) is 2.11. The largest absolute Gasteiger partial charge is 0.342 e. The molecule has 1 atom stereocenters. The van der Waals surface area contributed by atoms with Gasteiger partial charge in [0.05, 0.1) is 17.6 Å². The minimum atomic E-state index is 0.184. The summed E-state index contributed by atoms with van der Waals surface area (Å²) in [5, 5.41) is 12.6. The molecule has 5 rings (SSSR count). The number of carbonyl (C=O) groups excluding carboxylic acids is 1. The zero-order valence-electron chi connectivity index (χ0n) is 17.3. The summed E-state index contributed by atoms with van der Waals surface area (Å²) in [4.78, 5) is 24.5. The van der Waals surface area contributed by atoms with Crippen LogP contribution in [0.4, 0.5) is 0 Å². The van der Waals surface area contributed by atoms with E-state index in [9.17, 15) is 4.79 Å². The smallest absolute Gasteiger partial charge is 0.222 e. The van der Waals surface area contributed by atoms with Crippen LogP contribution in [0.2, 0.25) is 0 Å². The number of nitrogens with one attached hydrogen (secondary N) is 1. The van der Waals surface area contributed by atoms with E-state index >= 15 is 0 Å². The fourth-order valence-corrected chi connectivity index (χ4v) is 4.16. The third-order valence-electron chi connectivity index (χ3n) is 5.80. The molecule has 1 amide bonds. The Morgan fingerprint density at radius 1 is 1.10 bits per heavy atom. The van der Waals surface area contributed by atoms with E-state index in [4.69, 9.17) is 4.98 Å². The Labute approximate surface area is 180 Å². The monoisotopic (exact) mass is 415 g/mol. The summed E-state index contributed by atoms with van der Waals surface area (Å²) in [6, 6.07) is 17.8. The number of amides is 1. The standard InChI is InChI=1S/C23H25N7O/c31-21(13-7-15-30-27-23(26-28-30)17-8-2-1-3-9-17)29-14-6-10-18(16-29)22-24-19-11-4-5-12-20(19)25-22/h1-5,8-9,11-12,18H,6-7,10,13-16H2,(H,24,25). The number of para-hydroxylation sites is 2. The number of aryl methyl sites for hydroxylation is 1. The maximum absolute atomic E-state index is 12.8. The summed E-state index contributed by atoms with van der Waals surface area (Å²) < 4.78 is 0. The topological polar surface area (TPSA) is 92.6 Å². The predicted octanol–water partition coefficient (Wildman–Crippen LogP) is 3.40. The van der Waals surface area contributed by atoms with Gasteiger partial charge in [-0.3, -0.25) is 4.79 Å². The van der Waals surface area contributed by atoms with Crippen LogP contribution in [0.1, 0.15) is 37.4 Å². The molecule has 0 bridgehead atoms. The number of rotatable bonds is 6. The van der Waals surface area contributed by atoms with Crippen LogP contribution in [0, 0.1) is 0 Å². The average molecular weight is 416 g/mol. The van der Waals surface area contributed by atoms with Gasteiger partial charge in [0.15, 0.2) is 0 Å². The first kappa shape index (κ1) is 19.4. The van der Waals surface area contributed by atoms with Crippen molar-refractivity contribution in [2.75, 3.05) is 13.1 Å². The fraction of sp³-hybridized carbons (Fsp3) is 0.348. The zero-order chi connectivity index (χ0) is 21.0. The van der Waals surface area contributed by atoms with E-state index in [0.29, 0.717) is 25.2 Å². The van der Waals surface area contributed by atoms with Crippen molar-refractivity contribution in [2.24, 2.45) is 0 Å². The van der Waals surface area contributed by atoms with Gasteiger partial charge in [-0.1, -0.05) is 42.5 Å². The minimum absolute atomic E-state index is 0.184. The van der Waals surface area contributed by atoms with Crippen LogP contribution in [0.25, 0.3) is 22.4 Å². The van der Waals surface area contributed by atoms with Crippen LogP contribution in [0.3, 0.4) is 0 Å². The molecule has 1 aliphatic rings. The molecule has 3 heterocycles. The van der Waals surface area contributed by atoms with Crippen molar-refractivity contribution in [2.45, 2.75) is 38.1 Å². The van der Waals surface area contributed by atoms with E-state index in [0.717, 1.165) is 48.4 Å². The second-order valence-electron chi connectivity index (χ2n) is 8.00. The molecule has 1 N–H and O–H groups in total. The van der Waals surface area contributed by atoms with Crippen molar-refractivity contribution < 1.29 is 4.79 Å². The van der Waals surface area contributed by atoms with Gasteiger partial charge in [0.25, 0.3) is 0 Å². The molecule has 2 aromatic carbocycles. The highest BCUT2D eigenvalue weighted by atomic mass is 16.2. The van der Waals surface area contributed by atoms with E-state index in [2.05, 4.69) is 20.4 Å². The van der Waals surface area contributed by atoms with Gasteiger partial charge in [-0.15, -0.1) is 10.2 Å². The molecule has 2 aromatic heterocycles. The van der Waals surface area contributed by atoms with E-state index in [1.54, 1.807) is 4.80 Å². The molecule has 0 aliphatic carbocycles. The first-order chi connectivity index (χ1) is 15.3. The number of fused-ring (bicyclic) bond motifs is 1. The third kappa shape index (κ3) is 4.33. The van der Waals surface area contributed by atoms with E-state index < -0.39 is 0 Å². The Balaban J connectivity index is 1.15. The van der Waals surface area contributed by atoms with Gasteiger partial charge in [0.1, 0.15) is 5.82 Å². The molecule has 1 saturated heterocycles. The summed E-state index contributed by atoms with van der Waals surface area (Å²) in [5.74, 6) is 2.04. The fourth-order valence-electron chi connectivity index (χ4n) is 4.16. The number of tetrazole rings is 1. The Kier molecular flexibility index (Phi) is 5.43. The van der Waals surface area contributed by atoms with Crippen LogP contribution in [-0.2, 0) is 11.3 Å². The van der Waals surface area contributed by atoms with Crippen LogP contribution in [0.15, 0.2) is 54.6 Å². The molecule has 0 spiro atoms. The number of likely N-dealkylation sites (tertiary alicyclic amines) is 1. The summed E-state index contributed by atoms with van der Waals surface area (Å²) in [5.41, 5.74) is 2.97. The molecule has 0 radical (unpaired) electrons. The molecule has 1 aliphatic heterocycles. The Morgan fingerprint density at radius 2 is 1.94 bits per heavy atom. The number of hydrogen-bond donors (Lipinski definition) is 1. The lowest BCUT2D eigenvalue weighted by Gasteiger charge is -2.32. The van der Waals surface area contributed by atoms with Crippen LogP contribution in [0.5, 0.6) is 0 Å². The van der Waals surface area contributed by atoms with Gasteiger partial charge < -0.3 is 9.88 Å². The number of benzene rings is 2. The van der Waals surface area contributed by atoms with Crippen molar-refractivity contribution in [1.29, 1.82) is 0 Å². The van der Waals surface area contributed by atoms with Gasteiger partial charge >= 0.3 is 0 Å². The Hall–Kier alpha value is -3.55. The number of aromatic nitrogens is 6. The normalized spacial score (nSPS) is 16.6. The lowest BCUT2D eigenvalue weighted by molar-refractivity contribution is -0.132. The quantitative estimate of drug-likeness (QED) is 0.521. The number of imidazole rings is 1. The Morgan fingerprint density at radius 3 is 2.81 bits per heavy atom. The van der Waals surface area contributed by atoms with Crippen molar-refractivity contribution in [1.82, 2.24) is 35.1 Å². The van der Waals surface area contributed by atoms with Gasteiger partial charge in [0.2, 0.25) is 11.7 Å². The van der Waals surface area contributed by atoms with Crippen molar-refractivity contribution >= 4 is 16.9 Å². The number of hydrogen-bond acceptors (Lipinski definition) is 5. The van der Waals surface area contributed by atoms with Crippen LogP contribution >= 0.6 is 0 Å². The van der Waals surface area contributed by atoms with Crippen LogP contribution < -0.4 is 0 Å². The van der Waals surface area contributed by atoms with E-state index in [1.807, 2.05) is 59.5 Å². The highest BCUT2D eigenvalue weighted by molar-refractivity contribution is 5.77.